The topological polar surface area (TPSA) is 76.4 Å². The predicted molar refractivity (Wildman–Crippen MR) is 60.8 cm³/mol. The van der Waals surface area contributed by atoms with Crippen LogP contribution in [0.2, 0.25) is 0 Å². The van der Waals surface area contributed by atoms with E-state index in [0.29, 0.717) is 6.07 Å². The molecule has 0 saturated carbocycles. The third-order valence-electron chi connectivity index (χ3n) is 2.55. The number of amidine groups is 1. The molecule has 0 fully saturated rings. The van der Waals surface area contributed by atoms with E-state index in [4.69, 9.17) is 11.5 Å². The molecule has 0 saturated heterocycles. The zero-order valence-corrected chi connectivity index (χ0v) is 9.55. The van der Waals surface area contributed by atoms with E-state index in [1.54, 1.807) is 0 Å². The molecule has 8 heteroatoms. The molecule has 1 atom stereocenters. The van der Waals surface area contributed by atoms with Crippen molar-refractivity contribution < 1.29 is 17.6 Å². The Morgan fingerprint density at radius 2 is 1.84 bits per heavy atom. The van der Waals surface area contributed by atoms with E-state index in [9.17, 15) is 17.6 Å². The largest absolute Gasteiger partial charge is 0.384 e. The molecule has 0 aliphatic carbocycles. The Bertz CT molecular complexity index is 585. The van der Waals surface area contributed by atoms with Crippen LogP contribution in [-0.4, -0.2) is 11.6 Å². The van der Waals surface area contributed by atoms with Gasteiger partial charge in [0.15, 0.2) is 29.1 Å². The lowest BCUT2D eigenvalue weighted by Gasteiger charge is -2.28. The van der Waals surface area contributed by atoms with Gasteiger partial charge in [-0.25, -0.2) is 22.6 Å². The summed E-state index contributed by atoms with van der Waals surface area (Å²) >= 11 is 0. The normalized spacial score (nSPS) is 22.1. The van der Waals surface area contributed by atoms with Crippen molar-refractivity contribution in [2.75, 3.05) is 0 Å². The van der Waals surface area contributed by atoms with E-state index in [-0.39, 0.29) is 5.84 Å². The van der Waals surface area contributed by atoms with Crippen molar-refractivity contribution in [3.05, 3.63) is 47.2 Å². The summed E-state index contributed by atoms with van der Waals surface area (Å²) in [5, 5.41) is 2.58. The van der Waals surface area contributed by atoms with Gasteiger partial charge in [0.05, 0.1) is 0 Å². The summed E-state index contributed by atoms with van der Waals surface area (Å²) in [5.74, 6) is -8.23. The molecule has 1 aromatic carbocycles. The number of rotatable bonds is 2. The minimum Gasteiger partial charge on any atom is -0.384 e. The molecule has 1 aliphatic heterocycles. The van der Waals surface area contributed by atoms with Crippen LogP contribution in [0.3, 0.4) is 0 Å². The van der Waals surface area contributed by atoms with Crippen LogP contribution in [0.5, 0.6) is 0 Å². The van der Waals surface area contributed by atoms with Crippen molar-refractivity contribution in [2.24, 2.45) is 16.5 Å². The Morgan fingerprint density at radius 1 is 1.16 bits per heavy atom. The Hall–Kier alpha value is -2.09. The van der Waals surface area contributed by atoms with E-state index in [2.05, 4.69) is 10.3 Å². The number of benzene rings is 1. The Morgan fingerprint density at radius 3 is 2.47 bits per heavy atom. The SMILES string of the molecule is NC1=NC(N)(Cc2cc(F)c(F)c(F)c2F)NC=C1. The highest BCUT2D eigenvalue weighted by molar-refractivity contribution is 5.92. The number of nitrogens with two attached hydrogens (primary N) is 2. The fourth-order valence-corrected chi connectivity index (χ4v) is 1.70. The van der Waals surface area contributed by atoms with E-state index in [0.717, 1.165) is 0 Å². The van der Waals surface area contributed by atoms with Crippen LogP contribution in [0.15, 0.2) is 23.3 Å². The minimum atomic E-state index is -1.89. The zero-order valence-electron chi connectivity index (χ0n) is 9.55. The molecular weight excluding hydrogens is 264 g/mol. The molecule has 1 unspecified atom stereocenters. The molecule has 0 radical (unpaired) electrons. The van der Waals surface area contributed by atoms with Crippen molar-refractivity contribution in [1.82, 2.24) is 5.32 Å². The molecular formula is C11H10F4N4. The first-order valence-corrected chi connectivity index (χ1v) is 5.23. The van der Waals surface area contributed by atoms with E-state index >= 15 is 0 Å². The number of hydrogen-bond donors (Lipinski definition) is 3. The molecule has 1 aromatic rings. The van der Waals surface area contributed by atoms with E-state index in [1.807, 2.05) is 0 Å². The van der Waals surface area contributed by atoms with Crippen LogP contribution in [0.25, 0.3) is 0 Å². The molecule has 1 aliphatic rings. The van der Waals surface area contributed by atoms with E-state index < -0.39 is 41.0 Å². The van der Waals surface area contributed by atoms with Gasteiger partial charge in [0, 0.05) is 12.6 Å². The lowest BCUT2D eigenvalue weighted by molar-refractivity contribution is 0.365. The van der Waals surface area contributed by atoms with E-state index in [1.165, 1.54) is 12.3 Å². The third-order valence-corrected chi connectivity index (χ3v) is 2.55. The number of aliphatic imine (C=N–C) groups is 1. The molecule has 2 rings (SSSR count). The van der Waals surface area contributed by atoms with Gasteiger partial charge in [-0.2, -0.15) is 0 Å². The summed E-state index contributed by atoms with van der Waals surface area (Å²) in [5.41, 5.74) is 10.7. The Kier molecular flexibility index (Phi) is 3.19. The summed E-state index contributed by atoms with van der Waals surface area (Å²) in [6, 6.07) is 0.536. The fourth-order valence-electron chi connectivity index (χ4n) is 1.70. The maximum Gasteiger partial charge on any atom is 0.197 e. The zero-order chi connectivity index (χ0) is 14.2. The predicted octanol–water partition coefficient (Wildman–Crippen LogP) is 0.872. The summed E-state index contributed by atoms with van der Waals surface area (Å²) in [4.78, 5) is 3.80. The van der Waals surface area contributed by atoms with Gasteiger partial charge < -0.3 is 11.1 Å². The van der Waals surface area contributed by atoms with Crippen LogP contribution in [0, 0.1) is 23.3 Å². The molecule has 102 valence electrons. The highest BCUT2D eigenvalue weighted by Gasteiger charge is 2.29. The molecule has 0 bridgehead atoms. The van der Waals surface area contributed by atoms with Crippen molar-refractivity contribution in [3.8, 4) is 0 Å². The average Bonchev–Trinajstić information content (AvgIpc) is 2.33. The summed E-state index contributed by atoms with van der Waals surface area (Å²) in [7, 11) is 0. The van der Waals surface area contributed by atoms with Crippen molar-refractivity contribution >= 4 is 5.84 Å². The smallest absolute Gasteiger partial charge is 0.197 e. The van der Waals surface area contributed by atoms with Gasteiger partial charge in [0.25, 0.3) is 0 Å². The van der Waals surface area contributed by atoms with Gasteiger partial charge in [-0.15, -0.1) is 0 Å². The highest BCUT2D eigenvalue weighted by Crippen LogP contribution is 2.22. The average molecular weight is 274 g/mol. The lowest BCUT2D eigenvalue weighted by Crippen LogP contribution is -2.54. The van der Waals surface area contributed by atoms with Crippen LogP contribution in [-0.2, 0) is 6.42 Å². The van der Waals surface area contributed by atoms with Crippen molar-refractivity contribution in [2.45, 2.75) is 12.2 Å². The van der Waals surface area contributed by atoms with Gasteiger partial charge in [0.1, 0.15) is 5.84 Å². The molecule has 0 amide bonds. The molecule has 1 heterocycles. The molecule has 4 nitrogen and oxygen atoms in total. The first-order valence-electron chi connectivity index (χ1n) is 5.23. The van der Waals surface area contributed by atoms with Crippen molar-refractivity contribution in [1.29, 1.82) is 0 Å². The minimum absolute atomic E-state index is 0.0738. The first-order chi connectivity index (χ1) is 8.82. The summed E-state index contributed by atoms with van der Waals surface area (Å²) < 4.78 is 52.5. The van der Waals surface area contributed by atoms with Crippen LogP contribution in [0.1, 0.15) is 5.56 Å². The number of halogens is 4. The van der Waals surface area contributed by atoms with Crippen molar-refractivity contribution in [3.63, 3.8) is 0 Å². The number of hydrogen-bond acceptors (Lipinski definition) is 4. The Balaban J connectivity index is 2.37. The Labute approximate surface area is 105 Å². The second kappa shape index (κ2) is 4.54. The number of nitrogens with one attached hydrogen (secondary N) is 1. The molecule has 19 heavy (non-hydrogen) atoms. The van der Waals surface area contributed by atoms with Gasteiger partial charge in [-0.1, -0.05) is 0 Å². The maximum atomic E-state index is 13.5. The quantitative estimate of drug-likeness (QED) is 0.425. The second-order valence-corrected chi connectivity index (χ2v) is 4.07. The number of nitrogens with zero attached hydrogens (tertiary/aromatic N) is 1. The second-order valence-electron chi connectivity index (χ2n) is 4.07. The molecule has 5 N–H and O–H groups in total. The van der Waals surface area contributed by atoms with Gasteiger partial charge >= 0.3 is 0 Å². The van der Waals surface area contributed by atoms with Crippen LogP contribution in [0.4, 0.5) is 17.6 Å². The molecule has 0 spiro atoms. The third kappa shape index (κ3) is 2.53. The fraction of sp³-hybridized carbons (Fsp3) is 0.182. The lowest BCUT2D eigenvalue weighted by atomic mass is 10.0. The summed E-state index contributed by atoms with van der Waals surface area (Å²) in [6.45, 7) is 0. The van der Waals surface area contributed by atoms with Gasteiger partial charge in [-0.3, -0.25) is 5.73 Å². The van der Waals surface area contributed by atoms with Gasteiger partial charge in [-0.05, 0) is 17.7 Å². The van der Waals surface area contributed by atoms with Crippen LogP contribution >= 0.6 is 0 Å². The highest BCUT2D eigenvalue weighted by atomic mass is 19.2. The monoisotopic (exact) mass is 274 g/mol. The maximum absolute atomic E-state index is 13.5. The first kappa shape index (κ1) is 13.3. The van der Waals surface area contributed by atoms with Gasteiger partial charge in [0.2, 0.25) is 0 Å². The summed E-state index contributed by atoms with van der Waals surface area (Å²) in [6.07, 6.45) is 2.38. The molecule has 0 aromatic heterocycles. The van der Waals surface area contributed by atoms with Crippen LogP contribution < -0.4 is 16.8 Å². The standard InChI is InChI=1S/C11H10F4N4/c12-6-3-5(8(13)10(15)9(6)14)4-11(17)18-2-1-7(16)19-11/h1-3,18H,4,17H2,(H2,16,19).